The fourth-order valence-corrected chi connectivity index (χ4v) is 4.22. The number of aryl methyl sites for hydroxylation is 2. The summed E-state index contributed by atoms with van der Waals surface area (Å²) in [4.78, 5) is 28.5. The molecule has 3 aromatic carbocycles. The van der Waals surface area contributed by atoms with Crippen molar-refractivity contribution in [3.05, 3.63) is 113 Å². The van der Waals surface area contributed by atoms with Crippen LogP contribution in [0.2, 0.25) is 0 Å². The van der Waals surface area contributed by atoms with Gasteiger partial charge in [-0.1, -0.05) is 82.3 Å². The third-order valence-electron chi connectivity index (χ3n) is 6.44. The van der Waals surface area contributed by atoms with Crippen molar-refractivity contribution in [3.63, 3.8) is 0 Å². The molecule has 0 spiro atoms. The van der Waals surface area contributed by atoms with Crippen molar-refractivity contribution in [2.45, 2.75) is 53.0 Å². The lowest BCUT2D eigenvalue weighted by atomic mass is 9.92. The highest BCUT2D eigenvalue weighted by molar-refractivity contribution is 5.99. The molecule has 4 rings (SSSR count). The van der Waals surface area contributed by atoms with Gasteiger partial charge in [-0.3, -0.25) is 9.59 Å². The first-order valence-electron chi connectivity index (χ1n) is 13.0. The molecule has 0 aliphatic rings. The third kappa shape index (κ3) is 6.57. The summed E-state index contributed by atoms with van der Waals surface area (Å²) in [7, 11) is 0. The fraction of sp³-hybridized carbons (Fsp3) is 0.281. The molecular weight excluding hydrogens is 472 g/mol. The molecule has 196 valence electrons. The molecular formula is C32H36N4O2. The van der Waals surface area contributed by atoms with E-state index < -0.39 is 0 Å². The van der Waals surface area contributed by atoms with Crippen LogP contribution >= 0.6 is 0 Å². The highest BCUT2D eigenvalue weighted by atomic mass is 16.2. The molecule has 1 N–H and O–H groups in total. The lowest BCUT2D eigenvalue weighted by molar-refractivity contribution is -0.117. The van der Waals surface area contributed by atoms with E-state index in [4.69, 9.17) is 5.10 Å². The van der Waals surface area contributed by atoms with Gasteiger partial charge in [-0.25, -0.2) is 4.68 Å². The quantitative estimate of drug-likeness (QED) is 0.303. The van der Waals surface area contributed by atoms with Gasteiger partial charge in [0.25, 0.3) is 5.91 Å². The van der Waals surface area contributed by atoms with Crippen molar-refractivity contribution >= 4 is 17.6 Å². The van der Waals surface area contributed by atoms with E-state index in [2.05, 4.69) is 33.0 Å². The van der Waals surface area contributed by atoms with Crippen molar-refractivity contribution < 1.29 is 9.59 Å². The molecule has 0 unspecified atom stereocenters. The summed E-state index contributed by atoms with van der Waals surface area (Å²) in [5.41, 5.74) is 5.30. The van der Waals surface area contributed by atoms with Gasteiger partial charge in [0.15, 0.2) is 0 Å². The van der Waals surface area contributed by atoms with Crippen LogP contribution in [-0.2, 0) is 23.2 Å². The molecule has 0 saturated carbocycles. The molecule has 4 aromatic rings. The average molecular weight is 509 g/mol. The van der Waals surface area contributed by atoms with Gasteiger partial charge in [-0.05, 0) is 54.3 Å². The second-order valence-corrected chi connectivity index (χ2v) is 10.7. The van der Waals surface area contributed by atoms with E-state index in [-0.39, 0.29) is 23.8 Å². The first-order chi connectivity index (χ1) is 18.1. The Morgan fingerprint density at radius 1 is 0.895 bits per heavy atom. The highest BCUT2D eigenvalue weighted by Gasteiger charge is 2.24. The molecule has 38 heavy (non-hydrogen) atoms. The molecule has 0 bridgehead atoms. The summed E-state index contributed by atoms with van der Waals surface area (Å²) >= 11 is 0. The lowest BCUT2D eigenvalue weighted by Gasteiger charge is -2.23. The number of benzene rings is 3. The Balaban J connectivity index is 1.61. The van der Waals surface area contributed by atoms with E-state index in [1.54, 1.807) is 9.58 Å². The van der Waals surface area contributed by atoms with Gasteiger partial charge >= 0.3 is 0 Å². The van der Waals surface area contributed by atoms with Crippen LogP contribution in [0.5, 0.6) is 0 Å². The fourth-order valence-electron chi connectivity index (χ4n) is 4.22. The van der Waals surface area contributed by atoms with Crippen LogP contribution in [0.4, 0.5) is 5.82 Å². The summed E-state index contributed by atoms with van der Waals surface area (Å²) in [5.74, 6) is 0.105. The first kappa shape index (κ1) is 26.9. The number of nitrogens with one attached hydrogen (secondary N) is 1. The Bertz CT molecular complexity index is 1400. The Hall–Kier alpha value is -4.19. The Morgan fingerprint density at radius 2 is 1.61 bits per heavy atom. The Kier molecular flexibility index (Phi) is 8.10. The van der Waals surface area contributed by atoms with E-state index in [0.29, 0.717) is 17.9 Å². The molecule has 0 radical (unpaired) electrons. The second-order valence-electron chi connectivity index (χ2n) is 10.7. The number of nitrogens with zero attached hydrogens (tertiary/aromatic N) is 3. The van der Waals surface area contributed by atoms with E-state index in [0.717, 1.165) is 34.5 Å². The van der Waals surface area contributed by atoms with Crippen LogP contribution in [0.1, 0.15) is 60.4 Å². The normalized spacial score (nSPS) is 11.3. The summed E-state index contributed by atoms with van der Waals surface area (Å²) in [6.45, 7) is 10.6. The minimum absolute atomic E-state index is 0.0902. The zero-order chi connectivity index (χ0) is 27.3. The molecule has 0 aliphatic carbocycles. The molecule has 6 nitrogen and oxygen atoms in total. The van der Waals surface area contributed by atoms with Gasteiger partial charge < -0.3 is 10.2 Å². The predicted molar refractivity (Wildman–Crippen MR) is 153 cm³/mol. The molecule has 1 heterocycles. The van der Waals surface area contributed by atoms with Gasteiger partial charge in [-0.2, -0.15) is 5.10 Å². The monoisotopic (exact) mass is 508 g/mol. The SMILES string of the molecule is CCc1ccc(C(=O)N(CC(=O)Nc2cc(C(C)(C)C)nn2-c2cccc(C)c2)Cc2ccccc2)cc1. The Morgan fingerprint density at radius 3 is 2.24 bits per heavy atom. The maximum absolute atomic E-state index is 13.5. The van der Waals surface area contributed by atoms with E-state index in [1.165, 1.54) is 0 Å². The highest BCUT2D eigenvalue weighted by Crippen LogP contribution is 2.26. The maximum Gasteiger partial charge on any atom is 0.254 e. The molecule has 0 fully saturated rings. The maximum atomic E-state index is 13.5. The van der Waals surface area contributed by atoms with Crippen LogP contribution < -0.4 is 5.32 Å². The predicted octanol–water partition coefficient (Wildman–Crippen LogP) is 6.32. The van der Waals surface area contributed by atoms with Crippen molar-refractivity contribution in [1.29, 1.82) is 0 Å². The Labute approximate surface area is 225 Å². The van der Waals surface area contributed by atoms with Gasteiger partial charge in [0.1, 0.15) is 12.4 Å². The number of rotatable bonds is 8. The zero-order valence-electron chi connectivity index (χ0n) is 22.9. The molecule has 0 aliphatic heterocycles. The average Bonchev–Trinajstić information content (AvgIpc) is 3.33. The summed E-state index contributed by atoms with van der Waals surface area (Å²) in [5, 5.41) is 7.84. The summed E-state index contributed by atoms with van der Waals surface area (Å²) in [6, 6.07) is 27.2. The summed E-state index contributed by atoms with van der Waals surface area (Å²) in [6.07, 6.45) is 0.899. The lowest BCUT2D eigenvalue weighted by Crippen LogP contribution is -2.37. The standard InChI is InChI=1S/C32H36N4O2/c1-6-24-15-17-26(18-16-24)31(38)35(21-25-12-8-7-9-13-25)22-30(37)33-29-20-28(32(3,4)5)34-36(29)27-14-10-11-23(2)19-27/h7-20H,6,21-22H2,1-5H3,(H,33,37). The van der Waals surface area contributed by atoms with Crippen molar-refractivity contribution in [1.82, 2.24) is 14.7 Å². The van der Waals surface area contributed by atoms with Crippen molar-refractivity contribution in [2.24, 2.45) is 0 Å². The molecule has 1 aromatic heterocycles. The molecule has 0 atom stereocenters. The number of carbonyl (C=O) groups is 2. The van der Waals surface area contributed by atoms with Gasteiger partial charge in [0, 0.05) is 23.6 Å². The number of hydrogen-bond donors (Lipinski definition) is 1. The molecule has 6 heteroatoms. The van der Waals surface area contributed by atoms with Crippen LogP contribution in [0, 0.1) is 6.92 Å². The van der Waals surface area contributed by atoms with E-state index >= 15 is 0 Å². The van der Waals surface area contributed by atoms with Gasteiger partial charge in [0.05, 0.1) is 11.4 Å². The first-order valence-corrected chi connectivity index (χ1v) is 13.0. The van der Waals surface area contributed by atoms with Crippen molar-refractivity contribution in [3.8, 4) is 5.69 Å². The largest absolute Gasteiger partial charge is 0.325 e. The number of anilines is 1. The van der Waals surface area contributed by atoms with Crippen LogP contribution in [0.25, 0.3) is 5.69 Å². The van der Waals surface area contributed by atoms with Crippen LogP contribution in [0.3, 0.4) is 0 Å². The number of aromatic nitrogens is 2. The molecule has 0 saturated heterocycles. The van der Waals surface area contributed by atoms with Gasteiger partial charge in [0.2, 0.25) is 5.91 Å². The van der Waals surface area contributed by atoms with Crippen molar-refractivity contribution in [2.75, 3.05) is 11.9 Å². The second kappa shape index (κ2) is 11.5. The summed E-state index contributed by atoms with van der Waals surface area (Å²) < 4.78 is 1.76. The van der Waals surface area contributed by atoms with E-state index in [9.17, 15) is 9.59 Å². The smallest absolute Gasteiger partial charge is 0.254 e. The number of amides is 2. The number of hydrogen-bond acceptors (Lipinski definition) is 3. The van der Waals surface area contributed by atoms with Crippen LogP contribution in [0.15, 0.2) is 84.9 Å². The van der Waals surface area contributed by atoms with Gasteiger partial charge in [-0.15, -0.1) is 0 Å². The molecule has 2 amide bonds. The minimum Gasteiger partial charge on any atom is -0.325 e. The zero-order valence-corrected chi connectivity index (χ0v) is 22.9. The van der Waals surface area contributed by atoms with Crippen LogP contribution in [-0.4, -0.2) is 33.0 Å². The third-order valence-corrected chi connectivity index (χ3v) is 6.44. The topological polar surface area (TPSA) is 67.2 Å². The minimum atomic E-state index is -0.284. The van der Waals surface area contributed by atoms with E-state index in [1.807, 2.05) is 91.9 Å². The number of carbonyl (C=O) groups excluding carboxylic acids is 2.